The first kappa shape index (κ1) is 28.2. The van der Waals surface area contributed by atoms with Crippen molar-refractivity contribution in [3.8, 4) is 17.6 Å². The van der Waals surface area contributed by atoms with Gasteiger partial charge in [-0.05, 0) is 61.5 Å². The standard InChI is InChI=1S/C29H30FN3O5S/c1-20-17-33(21(2)19-34)39(36,37)28-14-11-23(8-7-22-9-12-24(30)13-10-22)16-26(28)38-27(20)18-32(3)29(35)25-6-4-5-15-31-25/h4-6,9-16,20-21,27,34H,17-19H2,1-3H3/t20-,21+,27-/m0/s1. The summed E-state index contributed by atoms with van der Waals surface area (Å²) in [5.41, 5.74) is 1.39. The largest absolute Gasteiger partial charge is 0.487 e. The zero-order valence-electron chi connectivity index (χ0n) is 21.9. The van der Waals surface area contributed by atoms with Crippen LogP contribution in [0.25, 0.3) is 0 Å². The molecule has 0 saturated carbocycles. The first-order chi connectivity index (χ1) is 18.6. The Morgan fingerprint density at radius 2 is 1.87 bits per heavy atom. The van der Waals surface area contributed by atoms with Crippen molar-refractivity contribution in [2.45, 2.75) is 30.9 Å². The number of rotatable bonds is 5. The number of aromatic nitrogens is 1. The van der Waals surface area contributed by atoms with Gasteiger partial charge in [0.15, 0.2) is 0 Å². The first-order valence-corrected chi connectivity index (χ1v) is 13.9. The van der Waals surface area contributed by atoms with Crippen LogP contribution in [-0.4, -0.2) is 72.5 Å². The Balaban J connectivity index is 1.71. The van der Waals surface area contributed by atoms with Gasteiger partial charge in [0.25, 0.3) is 5.91 Å². The number of hydrogen-bond acceptors (Lipinski definition) is 6. The number of fused-ring (bicyclic) bond motifs is 1. The van der Waals surface area contributed by atoms with Gasteiger partial charge in [-0.2, -0.15) is 4.31 Å². The number of hydrogen-bond donors (Lipinski definition) is 1. The second-order valence-electron chi connectivity index (χ2n) is 9.56. The molecule has 10 heteroatoms. The second-order valence-corrected chi connectivity index (χ2v) is 11.4. The number of aliphatic hydroxyl groups is 1. The molecule has 8 nitrogen and oxygen atoms in total. The van der Waals surface area contributed by atoms with Gasteiger partial charge in [-0.3, -0.25) is 9.78 Å². The lowest BCUT2D eigenvalue weighted by Gasteiger charge is -2.37. The molecular weight excluding hydrogens is 521 g/mol. The molecule has 0 unspecified atom stereocenters. The Kier molecular flexibility index (Phi) is 8.65. The third-order valence-corrected chi connectivity index (χ3v) is 8.57. The van der Waals surface area contributed by atoms with Crippen LogP contribution >= 0.6 is 0 Å². The maximum absolute atomic E-state index is 13.7. The maximum Gasteiger partial charge on any atom is 0.272 e. The van der Waals surface area contributed by atoms with Gasteiger partial charge < -0.3 is 14.7 Å². The molecule has 1 aliphatic rings. The molecule has 0 fully saturated rings. The van der Waals surface area contributed by atoms with Crippen molar-refractivity contribution < 1.29 is 27.4 Å². The van der Waals surface area contributed by atoms with E-state index in [0.717, 1.165) is 0 Å². The van der Waals surface area contributed by atoms with Gasteiger partial charge >= 0.3 is 0 Å². The summed E-state index contributed by atoms with van der Waals surface area (Å²) in [6, 6.07) is 14.7. The zero-order valence-corrected chi connectivity index (χ0v) is 22.7. The Hall–Kier alpha value is -3.78. The highest BCUT2D eigenvalue weighted by molar-refractivity contribution is 7.89. The summed E-state index contributed by atoms with van der Waals surface area (Å²) in [6.07, 6.45) is 0.963. The molecule has 0 spiro atoms. The van der Waals surface area contributed by atoms with Crippen molar-refractivity contribution >= 4 is 15.9 Å². The van der Waals surface area contributed by atoms with Crippen molar-refractivity contribution in [1.82, 2.24) is 14.2 Å². The monoisotopic (exact) mass is 551 g/mol. The molecule has 1 amide bonds. The first-order valence-electron chi connectivity index (χ1n) is 12.5. The number of halogens is 1. The fraction of sp³-hybridized carbons (Fsp3) is 0.310. The van der Waals surface area contributed by atoms with Crippen molar-refractivity contribution in [1.29, 1.82) is 0 Å². The molecule has 1 aliphatic heterocycles. The van der Waals surface area contributed by atoms with Crippen LogP contribution in [0.2, 0.25) is 0 Å². The number of sulfonamides is 1. The minimum Gasteiger partial charge on any atom is -0.487 e. The van der Waals surface area contributed by atoms with Crippen molar-refractivity contribution in [2.75, 3.05) is 26.7 Å². The average Bonchev–Trinajstić information content (AvgIpc) is 2.94. The molecule has 0 aliphatic carbocycles. The van der Waals surface area contributed by atoms with Crippen molar-refractivity contribution in [2.24, 2.45) is 5.92 Å². The molecule has 39 heavy (non-hydrogen) atoms. The van der Waals surface area contributed by atoms with E-state index < -0.39 is 22.2 Å². The summed E-state index contributed by atoms with van der Waals surface area (Å²) in [5, 5.41) is 9.83. The molecule has 1 N–H and O–H groups in total. The molecule has 1 aromatic heterocycles. The van der Waals surface area contributed by atoms with Gasteiger partial charge in [0, 0.05) is 42.9 Å². The summed E-state index contributed by atoms with van der Waals surface area (Å²) in [7, 11) is -2.38. The van der Waals surface area contributed by atoms with Crippen molar-refractivity contribution in [3.63, 3.8) is 0 Å². The summed E-state index contributed by atoms with van der Waals surface area (Å²) < 4.78 is 48.1. The lowest BCUT2D eigenvalue weighted by Crippen LogP contribution is -2.50. The van der Waals surface area contributed by atoms with E-state index in [2.05, 4.69) is 16.8 Å². The van der Waals surface area contributed by atoms with Crippen molar-refractivity contribution in [3.05, 3.63) is 89.5 Å². The fourth-order valence-electron chi connectivity index (χ4n) is 4.24. The molecule has 2 heterocycles. The molecule has 204 valence electrons. The highest BCUT2D eigenvalue weighted by Gasteiger charge is 2.38. The van der Waals surface area contributed by atoms with E-state index in [-0.39, 0.29) is 53.7 Å². The molecule has 0 radical (unpaired) electrons. The summed E-state index contributed by atoms with van der Waals surface area (Å²) in [5.74, 6) is 5.02. The Bertz CT molecular complexity index is 1490. The number of carbonyl (C=O) groups excluding carboxylic acids is 1. The molecule has 0 bridgehead atoms. The molecule has 0 saturated heterocycles. The number of likely N-dealkylation sites (N-methyl/N-ethyl adjacent to an activating group) is 1. The molecule has 4 rings (SSSR count). The van der Waals surface area contributed by atoms with Gasteiger partial charge in [0.1, 0.15) is 28.3 Å². The third kappa shape index (κ3) is 6.45. The van der Waals surface area contributed by atoms with Crippen LogP contribution in [0.3, 0.4) is 0 Å². The molecule has 2 aromatic carbocycles. The predicted molar refractivity (Wildman–Crippen MR) is 144 cm³/mol. The summed E-state index contributed by atoms with van der Waals surface area (Å²) in [4.78, 5) is 18.5. The lowest BCUT2D eigenvalue weighted by atomic mass is 10.0. The quantitative estimate of drug-likeness (QED) is 0.489. The highest BCUT2D eigenvalue weighted by atomic mass is 32.2. The summed E-state index contributed by atoms with van der Waals surface area (Å²) in [6.45, 7) is 3.39. The number of ether oxygens (including phenoxy) is 1. The van der Waals surface area contributed by atoms with E-state index in [1.54, 1.807) is 62.6 Å². The van der Waals surface area contributed by atoms with Gasteiger partial charge in [-0.1, -0.05) is 24.8 Å². The van der Waals surface area contributed by atoms with E-state index >= 15 is 0 Å². The van der Waals surface area contributed by atoms with E-state index in [1.807, 2.05) is 6.92 Å². The highest BCUT2D eigenvalue weighted by Crippen LogP contribution is 2.34. The van der Waals surface area contributed by atoms with E-state index in [1.165, 1.54) is 27.4 Å². The fourth-order valence-corrected chi connectivity index (χ4v) is 6.06. The molecular formula is C29H30FN3O5S. The van der Waals surface area contributed by atoms with Gasteiger partial charge in [-0.25, -0.2) is 12.8 Å². The predicted octanol–water partition coefficient (Wildman–Crippen LogP) is 3.16. The number of aliphatic hydroxyl groups excluding tert-OH is 1. The van der Waals surface area contributed by atoms with E-state index in [9.17, 15) is 22.7 Å². The van der Waals surface area contributed by atoms with Crippen LogP contribution < -0.4 is 4.74 Å². The lowest BCUT2D eigenvalue weighted by molar-refractivity contribution is 0.0559. The SMILES string of the molecule is C[C@H](CO)N1C[C@H](C)[C@H](CN(C)C(=O)c2ccccn2)Oc2cc(C#Cc3ccc(F)cc3)ccc2S1(=O)=O. The zero-order chi connectivity index (χ0) is 28.2. The smallest absolute Gasteiger partial charge is 0.272 e. The van der Waals surface area contributed by atoms with Crippen LogP contribution in [0.5, 0.6) is 5.75 Å². The number of carbonyl (C=O) groups is 1. The van der Waals surface area contributed by atoms with Crippen LogP contribution in [0.4, 0.5) is 4.39 Å². The maximum atomic E-state index is 13.7. The Morgan fingerprint density at radius 3 is 2.54 bits per heavy atom. The minimum absolute atomic E-state index is 0.0502. The molecule has 3 aromatic rings. The van der Waals surface area contributed by atoms with E-state index in [0.29, 0.717) is 11.1 Å². The van der Waals surface area contributed by atoms with Crippen LogP contribution in [0.15, 0.2) is 71.8 Å². The summed E-state index contributed by atoms with van der Waals surface area (Å²) >= 11 is 0. The van der Waals surface area contributed by atoms with Gasteiger partial charge in [-0.15, -0.1) is 0 Å². The number of benzene rings is 2. The van der Waals surface area contributed by atoms with Crippen LogP contribution in [-0.2, 0) is 10.0 Å². The van der Waals surface area contributed by atoms with E-state index in [4.69, 9.17) is 4.74 Å². The minimum atomic E-state index is -4.02. The Morgan fingerprint density at radius 1 is 1.18 bits per heavy atom. The number of pyridine rings is 1. The topological polar surface area (TPSA) is 100 Å². The second kappa shape index (κ2) is 11.9. The van der Waals surface area contributed by atoms with Gasteiger partial charge in [0.05, 0.1) is 13.2 Å². The number of amides is 1. The normalized spacial score (nSPS) is 19.3. The van der Waals surface area contributed by atoms with Gasteiger partial charge in [0.2, 0.25) is 10.0 Å². The van der Waals surface area contributed by atoms with Crippen LogP contribution in [0.1, 0.15) is 35.5 Å². The van der Waals surface area contributed by atoms with Crippen LogP contribution in [0, 0.1) is 23.6 Å². The number of nitrogens with zero attached hydrogens (tertiary/aromatic N) is 3. The Labute approximate surface area is 228 Å². The molecule has 3 atom stereocenters. The average molecular weight is 552 g/mol. The third-order valence-electron chi connectivity index (χ3n) is 6.55.